The maximum Gasteiger partial charge on any atom is 0.168 e. The number of halogens is 2. The number of methoxy groups -OCH3 is 1. The summed E-state index contributed by atoms with van der Waals surface area (Å²) in [6.07, 6.45) is 0.833. The van der Waals surface area contributed by atoms with Crippen LogP contribution in [0.1, 0.15) is 27.2 Å². The Morgan fingerprint density at radius 2 is 1.80 bits per heavy atom. The van der Waals surface area contributed by atoms with Crippen LogP contribution >= 0.6 is 0 Å². The monoisotopic (exact) mass is 287 g/mol. The van der Waals surface area contributed by atoms with E-state index in [1.165, 1.54) is 0 Å². The average molecular weight is 287 g/mol. The molecule has 0 aliphatic rings. The van der Waals surface area contributed by atoms with Crippen LogP contribution in [0, 0.1) is 17.0 Å². The first-order valence-corrected chi connectivity index (χ1v) is 6.72. The highest BCUT2D eigenvalue weighted by atomic mass is 19.1. The normalized spacial score (nSPS) is 11.5. The molecular formula is C14H23F2N3O. The third-order valence-electron chi connectivity index (χ3n) is 2.99. The molecule has 0 unspecified atom stereocenters. The Kier molecular flexibility index (Phi) is 6.13. The summed E-state index contributed by atoms with van der Waals surface area (Å²) in [5.74, 6) is -1.25. The minimum Gasteiger partial charge on any atom is -0.385 e. The molecule has 1 aromatic rings. The summed E-state index contributed by atoms with van der Waals surface area (Å²) in [6, 6.07) is 0.843. The Bertz CT molecular complexity index is 439. The topological polar surface area (TPSA) is 46.2 Å². The number of anilines is 2. The van der Waals surface area contributed by atoms with E-state index in [1.54, 1.807) is 7.11 Å². The minimum atomic E-state index is -0.688. The van der Waals surface area contributed by atoms with Crippen molar-refractivity contribution < 1.29 is 13.5 Å². The van der Waals surface area contributed by atoms with Gasteiger partial charge in [0.25, 0.3) is 0 Å². The van der Waals surface area contributed by atoms with Crippen LogP contribution in [0.4, 0.5) is 20.4 Å². The third kappa shape index (κ3) is 4.92. The summed E-state index contributed by atoms with van der Waals surface area (Å²) in [6.45, 7) is 7.60. The summed E-state index contributed by atoms with van der Waals surface area (Å²) in [5.41, 5.74) is -0.0726. The van der Waals surface area contributed by atoms with E-state index in [-0.39, 0.29) is 17.1 Å². The summed E-state index contributed by atoms with van der Waals surface area (Å²) in [4.78, 5) is 3.94. The summed E-state index contributed by atoms with van der Waals surface area (Å²) >= 11 is 0. The molecule has 1 rings (SSSR count). The van der Waals surface area contributed by atoms with Crippen LogP contribution in [-0.4, -0.2) is 31.8 Å². The van der Waals surface area contributed by atoms with Gasteiger partial charge in [-0.1, -0.05) is 13.8 Å². The van der Waals surface area contributed by atoms with E-state index in [4.69, 9.17) is 4.74 Å². The van der Waals surface area contributed by atoms with Gasteiger partial charge in [-0.05, 0) is 18.8 Å². The molecule has 0 radical (unpaired) electrons. The van der Waals surface area contributed by atoms with Crippen LogP contribution < -0.4 is 10.6 Å². The second-order valence-electron chi connectivity index (χ2n) is 5.44. The minimum absolute atomic E-state index is 0.0612. The van der Waals surface area contributed by atoms with Gasteiger partial charge in [0.1, 0.15) is 0 Å². The lowest BCUT2D eigenvalue weighted by atomic mass is 9.90. The van der Waals surface area contributed by atoms with Gasteiger partial charge in [-0.15, -0.1) is 0 Å². The van der Waals surface area contributed by atoms with Crippen LogP contribution in [0.2, 0.25) is 0 Å². The Morgan fingerprint density at radius 1 is 1.20 bits per heavy atom. The van der Waals surface area contributed by atoms with Gasteiger partial charge in [-0.25, -0.2) is 13.8 Å². The molecule has 0 fully saturated rings. The fourth-order valence-electron chi connectivity index (χ4n) is 1.67. The molecule has 0 atom stereocenters. The molecule has 1 aromatic heterocycles. The van der Waals surface area contributed by atoms with Crippen molar-refractivity contribution in [1.82, 2.24) is 4.98 Å². The van der Waals surface area contributed by atoms with Gasteiger partial charge in [-0.2, -0.15) is 0 Å². The van der Waals surface area contributed by atoms with E-state index >= 15 is 0 Å². The standard InChI is InChI=1S/C14H23F2N3O/c1-5-17-12-10(15)8-11(16)13(19-12)18-9-14(2,3)6-7-20-4/h8H,5-7,9H2,1-4H3,(H2,17,18,19). The molecule has 4 nitrogen and oxygen atoms in total. The van der Waals surface area contributed by atoms with Crippen molar-refractivity contribution >= 4 is 11.6 Å². The zero-order valence-corrected chi connectivity index (χ0v) is 12.5. The molecule has 0 aliphatic carbocycles. The molecule has 20 heavy (non-hydrogen) atoms. The number of nitrogens with one attached hydrogen (secondary N) is 2. The van der Waals surface area contributed by atoms with Gasteiger partial charge < -0.3 is 15.4 Å². The van der Waals surface area contributed by atoms with Crippen molar-refractivity contribution in [2.45, 2.75) is 27.2 Å². The highest BCUT2D eigenvalue weighted by Gasteiger charge is 2.19. The second kappa shape index (κ2) is 7.38. The first-order valence-electron chi connectivity index (χ1n) is 6.72. The first-order chi connectivity index (χ1) is 9.39. The van der Waals surface area contributed by atoms with Crippen LogP contribution in [0.25, 0.3) is 0 Å². The highest BCUT2D eigenvalue weighted by Crippen LogP contribution is 2.23. The Morgan fingerprint density at radius 3 is 2.35 bits per heavy atom. The average Bonchev–Trinajstić information content (AvgIpc) is 2.38. The van der Waals surface area contributed by atoms with E-state index in [2.05, 4.69) is 15.6 Å². The van der Waals surface area contributed by atoms with Crippen molar-refractivity contribution in [3.63, 3.8) is 0 Å². The van der Waals surface area contributed by atoms with Gasteiger partial charge in [0.15, 0.2) is 23.3 Å². The fraction of sp³-hybridized carbons (Fsp3) is 0.643. The lowest BCUT2D eigenvalue weighted by molar-refractivity contribution is 0.157. The molecule has 0 bridgehead atoms. The molecule has 0 saturated heterocycles. The van der Waals surface area contributed by atoms with Gasteiger partial charge in [0.05, 0.1) is 0 Å². The van der Waals surface area contributed by atoms with Gasteiger partial charge in [0.2, 0.25) is 0 Å². The molecule has 2 N–H and O–H groups in total. The van der Waals surface area contributed by atoms with Crippen LogP contribution in [0.3, 0.4) is 0 Å². The third-order valence-corrected chi connectivity index (χ3v) is 2.99. The van der Waals surface area contributed by atoms with Crippen molar-refractivity contribution in [3.8, 4) is 0 Å². The van der Waals surface area contributed by atoms with E-state index in [1.807, 2.05) is 20.8 Å². The molecule has 0 amide bonds. The predicted octanol–water partition coefficient (Wildman–Crippen LogP) is 3.27. The molecule has 0 saturated carbocycles. The van der Waals surface area contributed by atoms with Crippen LogP contribution in [0.15, 0.2) is 6.07 Å². The van der Waals surface area contributed by atoms with E-state index in [0.717, 1.165) is 12.5 Å². The number of aromatic nitrogens is 1. The lowest BCUT2D eigenvalue weighted by Crippen LogP contribution is -2.25. The van der Waals surface area contributed by atoms with Crippen molar-refractivity contribution in [1.29, 1.82) is 0 Å². The largest absolute Gasteiger partial charge is 0.385 e. The van der Waals surface area contributed by atoms with Crippen molar-refractivity contribution in [2.24, 2.45) is 5.41 Å². The molecule has 0 aliphatic heterocycles. The van der Waals surface area contributed by atoms with Crippen molar-refractivity contribution in [2.75, 3.05) is 37.4 Å². The summed E-state index contributed by atoms with van der Waals surface area (Å²) < 4.78 is 32.2. The number of rotatable bonds is 8. The van der Waals surface area contributed by atoms with E-state index in [9.17, 15) is 8.78 Å². The fourth-order valence-corrected chi connectivity index (χ4v) is 1.67. The van der Waals surface area contributed by atoms with Crippen LogP contribution in [0.5, 0.6) is 0 Å². The second-order valence-corrected chi connectivity index (χ2v) is 5.44. The Labute approximate surface area is 118 Å². The zero-order valence-electron chi connectivity index (χ0n) is 12.5. The Balaban J connectivity index is 2.74. The number of nitrogens with zero attached hydrogens (tertiary/aromatic N) is 1. The van der Waals surface area contributed by atoms with Gasteiger partial charge in [-0.3, -0.25) is 0 Å². The zero-order chi connectivity index (χ0) is 15.2. The molecule has 0 aromatic carbocycles. The molecule has 6 heteroatoms. The first kappa shape index (κ1) is 16.6. The van der Waals surface area contributed by atoms with E-state index in [0.29, 0.717) is 19.7 Å². The maximum absolute atomic E-state index is 13.7. The number of hydrogen-bond donors (Lipinski definition) is 2. The molecule has 1 heterocycles. The quantitative estimate of drug-likeness (QED) is 0.770. The SMILES string of the molecule is CCNc1nc(NCC(C)(C)CCOC)c(F)cc1F. The Hall–Kier alpha value is -1.43. The predicted molar refractivity (Wildman–Crippen MR) is 77.1 cm³/mol. The number of hydrogen-bond acceptors (Lipinski definition) is 4. The van der Waals surface area contributed by atoms with Crippen molar-refractivity contribution in [3.05, 3.63) is 17.7 Å². The molecular weight excluding hydrogens is 264 g/mol. The van der Waals surface area contributed by atoms with Gasteiger partial charge in [0, 0.05) is 32.9 Å². The van der Waals surface area contributed by atoms with Crippen LogP contribution in [-0.2, 0) is 4.74 Å². The van der Waals surface area contributed by atoms with E-state index < -0.39 is 11.6 Å². The lowest BCUT2D eigenvalue weighted by Gasteiger charge is -2.25. The smallest absolute Gasteiger partial charge is 0.168 e. The highest BCUT2D eigenvalue weighted by molar-refractivity contribution is 5.47. The maximum atomic E-state index is 13.7. The summed E-state index contributed by atoms with van der Waals surface area (Å²) in [7, 11) is 1.65. The number of ether oxygens (including phenoxy) is 1. The number of pyridine rings is 1. The molecule has 0 spiro atoms. The summed E-state index contributed by atoms with van der Waals surface area (Å²) in [5, 5.41) is 5.70. The molecule has 114 valence electrons. The van der Waals surface area contributed by atoms with Gasteiger partial charge >= 0.3 is 0 Å².